The van der Waals surface area contributed by atoms with Crippen LogP contribution in [0, 0.1) is 0 Å². The first-order valence-corrected chi connectivity index (χ1v) is 19.4. The molecule has 1 heterocycles. The Hall–Kier alpha value is -6.00. The molecule has 1 fully saturated rings. The van der Waals surface area contributed by atoms with Crippen molar-refractivity contribution in [2.24, 2.45) is 0 Å². The molecule has 2 aliphatic rings. The summed E-state index contributed by atoms with van der Waals surface area (Å²) in [6.07, 6.45) is 0. The van der Waals surface area contributed by atoms with Gasteiger partial charge in [-0.2, -0.15) is 0 Å². The van der Waals surface area contributed by atoms with Crippen molar-refractivity contribution in [3.8, 4) is 44.5 Å². The average molecular weight is 705 g/mol. The lowest BCUT2D eigenvalue weighted by atomic mass is 9.74. The first kappa shape index (κ1) is 31.4. The summed E-state index contributed by atoms with van der Waals surface area (Å²) in [5, 5.41) is 15.4. The summed E-state index contributed by atoms with van der Waals surface area (Å²) in [7, 11) is -0.426. The number of rotatable bonds is 3. The van der Waals surface area contributed by atoms with E-state index in [1.54, 1.807) is 0 Å². The molecule has 260 valence electrons. The molecular weight excluding hydrogens is 667 g/mol. The van der Waals surface area contributed by atoms with Gasteiger partial charge in [0.05, 0.1) is 11.2 Å². The highest BCUT2D eigenvalue weighted by molar-refractivity contribution is 6.66. The molecule has 0 N–H and O–H groups in total. The quantitative estimate of drug-likeness (QED) is 0.104. The molecule has 0 aromatic heterocycles. The summed E-state index contributed by atoms with van der Waals surface area (Å²) in [4.78, 5) is 0. The SMILES string of the molecule is CC1(C)OB(c2ccc3c4ccc5c6c(ccc(c7cccc2c73)c64)-c2cc3c(-c4ccccc4)c4ccccc4c(-c4ccccc4)c3cc2-5)OC1(C)C. The van der Waals surface area contributed by atoms with Crippen molar-refractivity contribution in [3.05, 3.63) is 152 Å². The van der Waals surface area contributed by atoms with Crippen molar-refractivity contribution in [3.63, 3.8) is 0 Å². The topological polar surface area (TPSA) is 18.5 Å². The lowest BCUT2D eigenvalue weighted by Crippen LogP contribution is -2.41. The van der Waals surface area contributed by atoms with Crippen LogP contribution in [0.5, 0.6) is 0 Å². The van der Waals surface area contributed by atoms with Gasteiger partial charge >= 0.3 is 7.12 Å². The van der Waals surface area contributed by atoms with Crippen molar-refractivity contribution in [2.75, 3.05) is 0 Å². The van der Waals surface area contributed by atoms with Crippen molar-refractivity contribution >= 4 is 77.2 Å². The molecule has 12 rings (SSSR count). The van der Waals surface area contributed by atoms with Gasteiger partial charge in [0, 0.05) is 0 Å². The highest BCUT2D eigenvalue weighted by Crippen LogP contribution is 2.55. The fraction of sp³-hybridized carbons (Fsp3) is 0.115. The maximum absolute atomic E-state index is 6.60. The Labute approximate surface area is 320 Å². The van der Waals surface area contributed by atoms with E-state index in [9.17, 15) is 0 Å². The molecule has 3 heteroatoms. The summed E-state index contributed by atoms with van der Waals surface area (Å²) < 4.78 is 13.2. The van der Waals surface area contributed by atoms with Crippen LogP contribution >= 0.6 is 0 Å². The molecule has 1 aliphatic heterocycles. The van der Waals surface area contributed by atoms with E-state index in [-0.39, 0.29) is 0 Å². The van der Waals surface area contributed by atoms with Gasteiger partial charge in [-0.05, 0) is 154 Å². The summed E-state index contributed by atoms with van der Waals surface area (Å²) in [6.45, 7) is 8.50. The van der Waals surface area contributed by atoms with Gasteiger partial charge in [0.1, 0.15) is 0 Å². The van der Waals surface area contributed by atoms with Crippen molar-refractivity contribution in [1.29, 1.82) is 0 Å². The number of benzene rings is 10. The monoisotopic (exact) mass is 704 g/mol. The van der Waals surface area contributed by atoms with Gasteiger partial charge in [-0.15, -0.1) is 0 Å². The lowest BCUT2D eigenvalue weighted by molar-refractivity contribution is 0.00578. The predicted molar refractivity (Wildman–Crippen MR) is 234 cm³/mol. The standard InChI is InChI=1S/C52H37BO2/c1-51(2)52(3,4)55-53(54-51)45-27-26-35-37-23-25-39-42-29-44-43(28-41(42)38-24-22-36(49(37)50(38)39)34-20-13-21-40(45)48(34)35)46(30-14-7-5-8-15-30)32-18-11-12-19-33(32)47(44)31-16-9-6-10-17-31/h5-29H,1-4H3. The average Bonchev–Trinajstić information content (AvgIpc) is 3.64. The number of hydrogen-bond donors (Lipinski definition) is 0. The third kappa shape index (κ3) is 4.12. The van der Waals surface area contributed by atoms with Crippen LogP contribution in [-0.4, -0.2) is 18.3 Å². The highest BCUT2D eigenvalue weighted by Gasteiger charge is 2.52. The molecule has 1 aliphatic carbocycles. The molecule has 0 spiro atoms. The maximum Gasteiger partial charge on any atom is 0.495 e. The van der Waals surface area contributed by atoms with Crippen LogP contribution in [0.15, 0.2) is 152 Å². The van der Waals surface area contributed by atoms with E-state index in [2.05, 4.69) is 179 Å². The van der Waals surface area contributed by atoms with E-state index in [1.165, 1.54) is 109 Å². The van der Waals surface area contributed by atoms with Gasteiger partial charge in [-0.25, -0.2) is 0 Å². The normalized spacial score (nSPS) is 15.7. The van der Waals surface area contributed by atoms with Gasteiger partial charge in [0.15, 0.2) is 0 Å². The van der Waals surface area contributed by atoms with E-state index in [1.807, 2.05) is 0 Å². The minimum absolute atomic E-state index is 0.409. The Balaban J connectivity index is 1.16. The summed E-state index contributed by atoms with van der Waals surface area (Å²) in [5.41, 5.74) is 10.6. The van der Waals surface area contributed by atoms with E-state index < -0.39 is 18.3 Å². The first-order chi connectivity index (χ1) is 26.8. The van der Waals surface area contributed by atoms with Crippen LogP contribution in [0.2, 0.25) is 0 Å². The fourth-order valence-electron chi connectivity index (χ4n) is 9.95. The van der Waals surface area contributed by atoms with Crippen molar-refractivity contribution in [1.82, 2.24) is 0 Å². The molecule has 10 aromatic rings. The van der Waals surface area contributed by atoms with Gasteiger partial charge in [0.25, 0.3) is 0 Å². The molecule has 55 heavy (non-hydrogen) atoms. The smallest absolute Gasteiger partial charge is 0.399 e. The molecule has 2 nitrogen and oxygen atoms in total. The largest absolute Gasteiger partial charge is 0.495 e. The van der Waals surface area contributed by atoms with E-state index in [4.69, 9.17) is 9.31 Å². The zero-order valence-corrected chi connectivity index (χ0v) is 31.3. The predicted octanol–water partition coefficient (Wildman–Crippen LogP) is 13.3. The second-order valence-corrected chi connectivity index (χ2v) is 16.6. The molecular formula is C52H37BO2. The van der Waals surface area contributed by atoms with Crippen LogP contribution in [0.25, 0.3) is 109 Å². The van der Waals surface area contributed by atoms with Crippen LogP contribution in [0.3, 0.4) is 0 Å². The Morgan fingerprint density at radius 3 is 1.33 bits per heavy atom. The lowest BCUT2D eigenvalue weighted by Gasteiger charge is -2.32. The Kier molecular flexibility index (Phi) is 6.17. The molecule has 0 saturated carbocycles. The molecule has 0 radical (unpaired) electrons. The minimum atomic E-state index is -0.426. The second kappa shape index (κ2) is 10.8. The zero-order valence-electron chi connectivity index (χ0n) is 31.3. The van der Waals surface area contributed by atoms with E-state index in [0.29, 0.717) is 0 Å². The second-order valence-electron chi connectivity index (χ2n) is 16.6. The van der Waals surface area contributed by atoms with Crippen LogP contribution in [0.4, 0.5) is 0 Å². The number of hydrogen-bond acceptors (Lipinski definition) is 2. The molecule has 0 atom stereocenters. The van der Waals surface area contributed by atoms with Crippen LogP contribution < -0.4 is 5.46 Å². The van der Waals surface area contributed by atoms with Gasteiger partial charge in [-0.3, -0.25) is 0 Å². The highest BCUT2D eigenvalue weighted by atomic mass is 16.7. The van der Waals surface area contributed by atoms with Crippen molar-refractivity contribution < 1.29 is 9.31 Å². The fourth-order valence-corrected chi connectivity index (χ4v) is 9.95. The van der Waals surface area contributed by atoms with Crippen LogP contribution in [-0.2, 0) is 9.31 Å². The summed E-state index contributed by atoms with van der Waals surface area (Å²) in [5.74, 6) is 0. The van der Waals surface area contributed by atoms with E-state index >= 15 is 0 Å². The molecule has 1 saturated heterocycles. The van der Waals surface area contributed by atoms with Gasteiger partial charge < -0.3 is 9.31 Å². The molecule has 0 unspecified atom stereocenters. The first-order valence-electron chi connectivity index (χ1n) is 19.4. The third-order valence-corrected chi connectivity index (χ3v) is 13.2. The zero-order chi connectivity index (χ0) is 36.8. The van der Waals surface area contributed by atoms with Gasteiger partial charge in [0.2, 0.25) is 0 Å². The number of fused-ring (bicyclic) bond motifs is 7. The molecule has 0 bridgehead atoms. The summed E-state index contributed by atoms with van der Waals surface area (Å²) in [6, 6.07) is 56.6. The molecule has 10 aromatic carbocycles. The third-order valence-electron chi connectivity index (χ3n) is 13.2. The van der Waals surface area contributed by atoms with Crippen LogP contribution in [0.1, 0.15) is 27.7 Å². The van der Waals surface area contributed by atoms with E-state index in [0.717, 1.165) is 5.46 Å². The Morgan fingerprint density at radius 2 is 0.782 bits per heavy atom. The van der Waals surface area contributed by atoms with Gasteiger partial charge in [-0.1, -0.05) is 140 Å². The Bertz CT molecular complexity index is 3080. The molecule has 0 amide bonds. The minimum Gasteiger partial charge on any atom is -0.399 e. The van der Waals surface area contributed by atoms with Crippen molar-refractivity contribution in [2.45, 2.75) is 38.9 Å². The summed E-state index contributed by atoms with van der Waals surface area (Å²) >= 11 is 0. The maximum atomic E-state index is 6.60. The Morgan fingerprint density at radius 1 is 0.345 bits per heavy atom.